The van der Waals surface area contributed by atoms with E-state index < -0.39 is 6.04 Å². The molecule has 1 aromatic rings. The van der Waals surface area contributed by atoms with Gasteiger partial charge in [0.15, 0.2) is 0 Å². The molecule has 2 atom stereocenters. The van der Waals surface area contributed by atoms with Crippen LogP contribution in [0.1, 0.15) is 31.9 Å². The largest absolute Gasteiger partial charge is 0.380 e. The molecule has 0 saturated carbocycles. The average Bonchev–Trinajstić information content (AvgIpc) is 2.59. The van der Waals surface area contributed by atoms with E-state index in [1.807, 2.05) is 44.2 Å². The Morgan fingerprint density at radius 2 is 2.17 bits per heavy atom. The lowest BCUT2D eigenvalue weighted by atomic mass is 10.1. The molecule has 0 aliphatic carbocycles. The second kappa shape index (κ2) is 9.39. The number of hydrogen-bond acceptors (Lipinski definition) is 4. The lowest BCUT2D eigenvalue weighted by Gasteiger charge is -2.33. The second-order valence-electron chi connectivity index (χ2n) is 5.93. The van der Waals surface area contributed by atoms with Gasteiger partial charge in [0, 0.05) is 26.2 Å². The van der Waals surface area contributed by atoms with Crippen molar-refractivity contribution in [2.75, 3.05) is 32.8 Å². The molecule has 0 aromatic heterocycles. The number of piperazine rings is 1. The molecule has 1 saturated heterocycles. The van der Waals surface area contributed by atoms with Crippen LogP contribution in [-0.2, 0) is 14.3 Å². The number of nitrogens with zero attached hydrogens (tertiary/aromatic N) is 1. The normalized spacial score (nSPS) is 19.2. The number of hydrogen-bond donors (Lipinski definition) is 2. The van der Waals surface area contributed by atoms with E-state index in [1.165, 1.54) is 0 Å². The molecule has 6 nitrogen and oxygen atoms in total. The molecular formula is C18H27N3O3. The molecule has 2 N–H and O–H groups in total. The molecular weight excluding hydrogens is 306 g/mol. The fraction of sp³-hybridized carbons (Fsp3) is 0.556. The van der Waals surface area contributed by atoms with Crippen molar-refractivity contribution < 1.29 is 14.3 Å². The van der Waals surface area contributed by atoms with Gasteiger partial charge in [-0.2, -0.15) is 0 Å². The van der Waals surface area contributed by atoms with Gasteiger partial charge >= 0.3 is 0 Å². The summed E-state index contributed by atoms with van der Waals surface area (Å²) < 4.78 is 5.31. The van der Waals surface area contributed by atoms with E-state index in [0.717, 1.165) is 5.56 Å². The van der Waals surface area contributed by atoms with Crippen molar-refractivity contribution >= 4 is 11.8 Å². The van der Waals surface area contributed by atoms with Gasteiger partial charge in [-0.1, -0.05) is 30.3 Å². The molecule has 1 heterocycles. The van der Waals surface area contributed by atoms with Gasteiger partial charge in [-0.3, -0.25) is 9.59 Å². The molecule has 0 spiro atoms. The zero-order valence-corrected chi connectivity index (χ0v) is 14.5. The van der Waals surface area contributed by atoms with Gasteiger partial charge in [0.05, 0.1) is 25.1 Å². The van der Waals surface area contributed by atoms with Gasteiger partial charge in [-0.05, 0) is 19.4 Å². The van der Waals surface area contributed by atoms with Crippen molar-refractivity contribution in [1.29, 1.82) is 0 Å². The van der Waals surface area contributed by atoms with Crippen LogP contribution in [0.15, 0.2) is 30.3 Å². The highest BCUT2D eigenvalue weighted by atomic mass is 16.5. The summed E-state index contributed by atoms with van der Waals surface area (Å²) in [6.07, 6.45) is 0.154. The van der Waals surface area contributed by atoms with Crippen LogP contribution in [-0.4, -0.2) is 55.6 Å². The van der Waals surface area contributed by atoms with Gasteiger partial charge in [0.25, 0.3) is 0 Å². The number of carbonyl (C=O) groups is 2. The summed E-state index contributed by atoms with van der Waals surface area (Å²) in [5.41, 5.74) is 1.05. The minimum atomic E-state index is -0.455. The topological polar surface area (TPSA) is 70.7 Å². The Morgan fingerprint density at radius 3 is 2.88 bits per heavy atom. The minimum absolute atomic E-state index is 0.0246. The number of ether oxygens (including phenoxy) is 1. The summed E-state index contributed by atoms with van der Waals surface area (Å²) in [6.45, 7) is 6.98. The third kappa shape index (κ3) is 5.32. The lowest BCUT2D eigenvalue weighted by molar-refractivity contribution is -0.139. The summed E-state index contributed by atoms with van der Waals surface area (Å²) in [6, 6.07) is 9.25. The van der Waals surface area contributed by atoms with Crippen molar-refractivity contribution in [3.8, 4) is 0 Å². The fourth-order valence-corrected chi connectivity index (χ4v) is 2.80. The van der Waals surface area contributed by atoms with Crippen LogP contribution < -0.4 is 10.6 Å². The van der Waals surface area contributed by atoms with E-state index in [0.29, 0.717) is 32.8 Å². The minimum Gasteiger partial charge on any atom is -0.380 e. The smallest absolute Gasteiger partial charge is 0.240 e. The van der Waals surface area contributed by atoms with E-state index >= 15 is 0 Å². The van der Waals surface area contributed by atoms with Crippen molar-refractivity contribution in [2.24, 2.45) is 0 Å². The number of benzene rings is 1. The van der Waals surface area contributed by atoms with Crippen LogP contribution in [0.5, 0.6) is 0 Å². The Morgan fingerprint density at radius 1 is 1.42 bits per heavy atom. The van der Waals surface area contributed by atoms with Crippen molar-refractivity contribution in [3.05, 3.63) is 35.9 Å². The highest BCUT2D eigenvalue weighted by Gasteiger charge is 2.30. The summed E-state index contributed by atoms with van der Waals surface area (Å²) >= 11 is 0. The fourth-order valence-electron chi connectivity index (χ4n) is 2.80. The molecule has 1 aliphatic heterocycles. The van der Waals surface area contributed by atoms with Crippen LogP contribution >= 0.6 is 0 Å². The molecule has 1 aromatic carbocycles. The van der Waals surface area contributed by atoms with Crippen LogP contribution in [0, 0.1) is 0 Å². The SMILES string of the molecule is CCOCCN1CCNC(CC(=O)NC(C)c2ccccc2)C1=O. The molecule has 0 radical (unpaired) electrons. The third-order valence-corrected chi connectivity index (χ3v) is 4.16. The van der Waals surface area contributed by atoms with Crippen LogP contribution in [0.4, 0.5) is 0 Å². The Balaban J connectivity index is 1.83. The molecule has 1 aliphatic rings. The highest BCUT2D eigenvalue weighted by Crippen LogP contribution is 2.12. The first-order valence-corrected chi connectivity index (χ1v) is 8.56. The van der Waals surface area contributed by atoms with E-state index in [1.54, 1.807) is 4.90 Å². The maximum absolute atomic E-state index is 12.4. The monoisotopic (exact) mass is 333 g/mol. The summed E-state index contributed by atoms with van der Waals surface area (Å²) in [7, 11) is 0. The maximum atomic E-state index is 12.4. The molecule has 1 fully saturated rings. The average molecular weight is 333 g/mol. The standard InChI is InChI=1S/C18H27N3O3/c1-3-24-12-11-21-10-9-19-16(18(21)23)13-17(22)20-14(2)15-7-5-4-6-8-15/h4-8,14,16,19H,3,9-13H2,1-2H3,(H,20,22). The van der Waals surface area contributed by atoms with E-state index in [-0.39, 0.29) is 24.3 Å². The summed E-state index contributed by atoms with van der Waals surface area (Å²) in [5.74, 6) is -0.146. The van der Waals surface area contributed by atoms with Crippen LogP contribution in [0.3, 0.4) is 0 Å². The van der Waals surface area contributed by atoms with Gasteiger partial charge in [0.2, 0.25) is 11.8 Å². The second-order valence-corrected chi connectivity index (χ2v) is 5.93. The van der Waals surface area contributed by atoms with Crippen molar-refractivity contribution in [2.45, 2.75) is 32.4 Å². The molecule has 132 valence electrons. The van der Waals surface area contributed by atoms with Gasteiger partial charge in [-0.15, -0.1) is 0 Å². The van der Waals surface area contributed by atoms with Crippen LogP contribution in [0.25, 0.3) is 0 Å². The zero-order chi connectivity index (χ0) is 17.4. The van der Waals surface area contributed by atoms with Crippen molar-refractivity contribution in [3.63, 3.8) is 0 Å². The van der Waals surface area contributed by atoms with E-state index in [9.17, 15) is 9.59 Å². The molecule has 2 rings (SSSR count). The van der Waals surface area contributed by atoms with E-state index in [2.05, 4.69) is 10.6 Å². The first-order valence-electron chi connectivity index (χ1n) is 8.56. The molecule has 24 heavy (non-hydrogen) atoms. The quantitative estimate of drug-likeness (QED) is 0.699. The maximum Gasteiger partial charge on any atom is 0.240 e. The van der Waals surface area contributed by atoms with Crippen molar-refractivity contribution in [1.82, 2.24) is 15.5 Å². The zero-order valence-electron chi connectivity index (χ0n) is 14.5. The van der Waals surface area contributed by atoms with E-state index in [4.69, 9.17) is 4.74 Å². The third-order valence-electron chi connectivity index (χ3n) is 4.16. The van der Waals surface area contributed by atoms with Gasteiger partial charge < -0.3 is 20.3 Å². The van der Waals surface area contributed by atoms with Gasteiger partial charge in [-0.25, -0.2) is 0 Å². The number of carbonyl (C=O) groups excluding carboxylic acids is 2. The molecule has 0 bridgehead atoms. The predicted molar refractivity (Wildman–Crippen MR) is 92.5 cm³/mol. The number of nitrogens with one attached hydrogen (secondary N) is 2. The summed E-state index contributed by atoms with van der Waals surface area (Å²) in [5, 5.41) is 6.10. The lowest BCUT2D eigenvalue weighted by Crippen LogP contribution is -2.56. The van der Waals surface area contributed by atoms with Gasteiger partial charge in [0.1, 0.15) is 0 Å². The summed E-state index contributed by atoms with van der Waals surface area (Å²) in [4.78, 5) is 26.5. The first-order chi connectivity index (χ1) is 11.6. The Labute approximate surface area is 143 Å². The Kier molecular flexibility index (Phi) is 7.21. The highest BCUT2D eigenvalue weighted by molar-refractivity contribution is 5.89. The Hall–Kier alpha value is -1.92. The number of rotatable bonds is 8. The molecule has 6 heteroatoms. The molecule has 2 amide bonds. The predicted octanol–water partition coefficient (Wildman–Crippen LogP) is 1.09. The number of amides is 2. The molecule has 2 unspecified atom stereocenters. The van der Waals surface area contributed by atoms with Crippen LogP contribution in [0.2, 0.25) is 0 Å². The first kappa shape index (κ1) is 18.4. The Bertz CT molecular complexity index is 536.